The third kappa shape index (κ3) is 1.32. The summed E-state index contributed by atoms with van der Waals surface area (Å²) in [6, 6.07) is 2.30. The number of nitriles is 1. The van der Waals surface area contributed by atoms with E-state index in [9.17, 15) is 0 Å². The molecule has 0 bridgehead atoms. The van der Waals surface area contributed by atoms with Crippen molar-refractivity contribution in [2.45, 2.75) is 19.8 Å². The number of allylic oxidation sites excluding steroid dienone is 2. The minimum absolute atomic E-state index is 0.273. The molecule has 1 nitrogen and oxygen atoms in total. The second kappa shape index (κ2) is 2.68. The first-order valence-electron chi connectivity index (χ1n) is 3.41. The van der Waals surface area contributed by atoms with Gasteiger partial charge in [-0.1, -0.05) is 19.1 Å². The molecule has 1 aliphatic carbocycles. The molecule has 0 heterocycles. The molecule has 0 aromatic carbocycles. The Balaban J connectivity index is 2.57. The van der Waals surface area contributed by atoms with E-state index in [4.69, 9.17) is 5.26 Å². The molecule has 9 heavy (non-hydrogen) atoms. The van der Waals surface area contributed by atoms with E-state index in [1.54, 1.807) is 0 Å². The van der Waals surface area contributed by atoms with Crippen LogP contribution < -0.4 is 0 Å². The molecule has 0 N–H and O–H groups in total. The maximum Gasteiger partial charge on any atom is 0.0661 e. The summed E-state index contributed by atoms with van der Waals surface area (Å²) < 4.78 is 0. The Morgan fingerprint density at radius 2 is 2.44 bits per heavy atom. The summed E-state index contributed by atoms with van der Waals surface area (Å²) >= 11 is 0. The summed E-state index contributed by atoms with van der Waals surface area (Å²) in [5.74, 6) is 0.749. The van der Waals surface area contributed by atoms with Gasteiger partial charge >= 0.3 is 0 Å². The van der Waals surface area contributed by atoms with Crippen molar-refractivity contribution in [2.75, 3.05) is 0 Å². The predicted octanol–water partition coefficient (Wildman–Crippen LogP) is 2.11. The van der Waals surface area contributed by atoms with Gasteiger partial charge in [0.05, 0.1) is 12.0 Å². The van der Waals surface area contributed by atoms with Gasteiger partial charge in [-0.25, -0.2) is 0 Å². The highest BCUT2D eigenvalue weighted by molar-refractivity contribution is 5.02. The van der Waals surface area contributed by atoms with Crippen molar-refractivity contribution in [2.24, 2.45) is 11.8 Å². The normalized spacial score (nSPS) is 33.8. The molecule has 0 aliphatic heterocycles. The SMILES string of the molecule is C[C@@H]1C=CCC[C@H]1C#N. The Hall–Kier alpha value is -0.770. The van der Waals surface area contributed by atoms with Crippen LogP contribution in [0.3, 0.4) is 0 Å². The Morgan fingerprint density at radius 1 is 1.67 bits per heavy atom. The molecule has 2 atom stereocenters. The number of nitrogens with zero attached hydrogens (tertiary/aromatic N) is 1. The monoisotopic (exact) mass is 121 g/mol. The van der Waals surface area contributed by atoms with Crippen molar-refractivity contribution in [3.8, 4) is 6.07 Å². The second-order valence-corrected chi connectivity index (χ2v) is 2.60. The van der Waals surface area contributed by atoms with E-state index in [-0.39, 0.29) is 5.92 Å². The number of rotatable bonds is 0. The molecule has 1 rings (SSSR count). The minimum Gasteiger partial charge on any atom is -0.198 e. The third-order valence-electron chi connectivity index (χ3n) is 1.88. The van der Waals surface area contributed by atoms with Gasteiger partial charge in [-0.2, -0.15) is 5.26 Å². The topological polar surface area (TPSA) is 23.8 Å². The lowest BCUT2D eigenvalue weighted by Gasteiger charge is -2.16. The van der Waals surface area contributed by atoms with E-state index in [1.807, 2.05) is 0 Å². The highest BCUT2D eigenvalue weighted by Gasteiger charge is 2.15. The van der Waals surface area contributed by atoms with Crippen LogP contribution in [0.15, 0.2) is 12.2 Å². The molecular weight excluding hydrogens is 110 g/mol. The minimum atomic E-state index is 0.273. The first-order chi connectivity index (χ1) is 4.34. The van der Waals surface area contributed by atoms with Crippen molar-refractivity contribution in [3.63, 3.8) is 0 Å². The molecule has 0 radical (unpaired) electrons. The van der Waals surface area contributed by atoms with Crippen molar-refractivity contribution in [3.05, 3.63) is 12.2 Å². The maximum atomic E-state index is 8.58. The number of hydrogen-bond donors (Lipinski definition) is 0. The van der Waals surface area contributed by atoms with Crippen LogP contribution >= 0.6 is 0 Å². The van der Waals surface area contributed by atoms with Crippen LogP contribution in [0.5, 0.6) is 0 Å². The van der Waals surface area contributed by atoms with Gasteiger partial charge < -0.3 is 0 Å². The van der Waals surface area contributed by atoms with Gasteiger partial charge in [-0.05, 0) is 18.8 Å². The summed E-state index contributed by atoms with van der Waals surface area (Å²) in [6.45, 7) is 2.10. The summed E-state index contributed by atoms with van der Waals surface area (Å²) in [7, 11) is 0. The van der Waals surface area contributed by atoms with Gasteiger partial charge in [0.15, 0.2) is 0 Å². The maximum absolute atomic E-state index is 8.58. The van der Waals surface area contributed by atoms with Crippen LogP contribution in [0.25, 0.3) is 0 Å². The fourth-order valence-corrected chi connectivity index (χ4v) is 1.17. The van der Waals surface area contributed by atoms with E-state index in [2.05, 4.69) is 25.1 Å². The second-order valence-electron chi connectivity index (χ2n) is 2.60. The summed E-state index contributed by atoms with van der Waals surface area (Å²) in [5.41, 5.74) is 0. The highest BCUT2D eigenvalue weighted by Crippen LogP contribution is 2.22. The summed E-state index contributed by atoms with van der Waals surface area (Å²) in [5, 5.41) is 8.58. The molecule has 0 saturated carbocycles. The zero-order valence-electron chi connectivity index (χ0n) is 5.67. The van der Waals surface area contributed by atoms with Crippen LogP contribution in [0.2, 0.25) is 0 Å². The Morgan fingerprint density at radius 3 is 2.89 bits per heavy atom. The van der Waals surface area contributed by atoms with Crippen LogP contribution in [-0.2, 0) is 0 Å². The molecule has 48 valence electrons. The smallest absolute Gasteiger partial charge is 0.0661 e. The van der Waals surface area contributed by atoms with E-state index < -0.39 is 0 Å². The van der Waals surface area contributed by atoms with Crippen molar-refractivity contribution < 1.29 is 0 Å². The standard InChI is InChI=1S/C8H11N/c1-7-4-2-3-5-8(7)6-9/h2,4,7-8H,3,5H2,1H3/t7-,8+/m1/s1. The first kappa shape index (κ1) is 6.35. The average Bonchev–Trinajstić information content (AvgIpc) is 1.89. The fraction of sp³-hybridized carbons (Fsp3) is 0.625. The largest absolute Gasteiger partial charge is 0.198 e. The molecule has 0 unspecified atom stereocenters. The van der Waals surface area contributed by atoms with Gasteiger partial charge in [0.25, 0.3) is 0 Å². The van der Waals surface area contributed by atoms with E-state index in [0.29, 0.717) is 5.92 Å². The lowest BCUT2D eigenvalue weighted by molar-refractivity contribution is 0.470. The highest BCUT2D eigenvalue weighted by atomic mass is 14.3. The molecule has 0 aromatic heterocycles. The molecule has 1 aliphatic rings. The van der Waals surface area contributed by atoms with Crippen molar-refractivity contribution in [1.82, 2.24) is 0 Å². The molecule has 0 aromatic rings. The Kier molecular flexibility index (Phi) is 1.89. The number of hydrogen-bond acceptors (Lipinski definition) is 1. The third-order valence-corrected chi connectivity index (χ3v) is 1.88. The quantitative estimate of drug-likeness (QED) is 0.450. The molecule has 1 heteroatoms. The van der Waals surface area contributed by atoms with Gasteiger partial charge in [-0.15, -0.1) is 0 Å². The van der Waals surface area contributed by atoms with Crippen molar-refractivity contribution in [1.29, 1.82) is 5.26 Å². The van der Waals surface area contributed by atoms with Crippen LogP contribution in [0.4, 0.5) is 0 Å². The van der Waals surface area contributed by atoms with E-state index >= 15 is 0 Å². The Labute approximate surface area is 56.0 Å². The van der Waals surface area contributed by atoms with E-state index in [1.165, 1.54) is 0 Å². The summed E-state index contributed by atoms with van der Waals surface area (Å²) in [4.78, 5) is 0. The van der Waals surface area contributed by atoms with Gasteiger partial charge in [0.2, 0.25) is 0 Å². The van der Waals surface area contributed by atoms with E-state index in [0.717, 1.165) is 12.8 Å². The molecular formula is C8H11N. The van der Waals surface area contributed by atoms with Crippen LogP contribution in [-0.4, -0.2) is 0 Å². The zero-order valence-corrected chi connectivity index (χ0v) is 5.67. The predicted molar refractivity (Wildman–Crippen MR) is 36.6 cm³/mol. The average molecular weight is 121 g/mol. The van der Waals surface area contributed by atoms with Gasteiger partial charge in [0, 0.05) is 0 Å². The Bertz CT molecular complexity index is 152. The fourth-order valence-electron chi connectivity index (χ4n) is 1.17. The lowest BCUT2D eigenvalue weighted by Crippen LogP contribution is -2.09. The van der Waals surface area contributed by atoms with Gasteiger partial charge in [0.1, 0.15) is 0 Å². The van der Waals surface area contributed by atoms with Crippen LogP contribution in [0.1, 0.15) is 19.8 Å². The first-order valence-corrected chi connectivity index (χ1v) is 3.41. The summed E-state index contributed by atoms with van der Waals surface area (Å²) in [6.07, 6.45) is 6.44. The molecule has 0 fully saturated rings. The lowest BCUT2D eigenvalue weighted by atomic mass is 9.87. The molecule has 0 saturated heterocycles. The van der Waals surface area contributed by atoms with Crippen molar-refractivity contribution >= 4 is 0 Å². The van der Waals surface area contributed by atoms with Gasteiger partial charge in [-0.3, -0.25) is 0 Å². The zero-order chi connectivity index (χ0) is 6.69. The molecule has 0 amide bonds. The molecule has 0 spiro atoms. The van der Waals surface area contributed by atoms with Crippen LogP contribution in [0, 0.1) is 23.2 Å².